The predicted molar refractivity (Wildman–Crippen MR) is 59.9 cm³/mol. The molecular formula is C8H8FIN2O2. The predicted octanol–water partition coefficient (Wildman–Crippen LogP) is 2.77. The lowest BCUT2D eigenvalue weighted by Crippen LogP contribution is -2.02. The molecule has 0 radical (unpaired) electrons. The van der Waals surface area contributed by atoms with Crippen LogP contribution in [0.3, 0.4) is 0 Å². The Hall–Kier alpha value is -0.920. The van der Waals surface area contributed by atoms with E-state index in [1.165, 1.54) is 6.07 Å². The molecule has 0 saturated heterocycles. The molecule has 0 spiro atoms. The summed E-state index contributed by atoms with van der Waals surface area (Å²) in [7, 11) is 0. The van der Waals surface area contributed by atoms with Crippen LogP contribution in [0.25, 0.3) is 0 Å². The molecule has 0 bridgehead atoms. The highest BCUT2D eigenvalue weighted by atomic mass is 127. The summed E-state index contributed by atoms with van der Waals surface area (Å²) in [4.78, 5) is 10.1. The van der Waals surface area contributed by atoms with E-state index >= 15 is 0 Å². The van der Waals surface area contributed by atoms with Crippen LogP contribution in [-0.2, 0) is 0 Å². The van der Waals surface area contributed by atoms with Crippen LogP contribution in [0.15, 0.2) is 12.1 Å². The van der Waals surface area contributed by atoms with Gasteiger partial charge in [-0.2, -0.15) is 0 Å². The monoisotopic (exact) mass is 310 g/mol. The second-order valence-electron chi connectivity index (χ2n) is 2.57. The van der Waals surface area contributed by atoms with E-state index in [0.717, 1.165) is 6.07 Å². The van der Waals surface area contributed by atoms with Gasteiger partial charge in [-0.25, -0.2) is 4.39 Å². The summed E-state index contributed by atoms with van der Waals surface area (Å²) in [5.41, 5.74) is 0.119. The Morgan fingerprint density at radius 3 is 2.79 bits per heavy atom. The molecule has 1 N–H and O–H groups in total. The van der Waals surface area contributed by atoms with Crippen molar-refractivity contribution in [1.29, 1.82) is 0 Å². The average molecular weight is 310 g/mol. The number of nitrogens with zero attached hydrogens (tertiary/aromatic N) is 1. The Morgan fingerprint density at radius 1 is 1.64 bits per heavy atom. The third-order valence-corrected chi connectivity index (χ3v) is 2.43. The molecule has 4 nitrogen and oxygen atoms in total. The summed E-state index contributed by atoms with van der Waals surface area (Å²) < 4.78 is 13.3. The number of hydrogen-bond donors (Lipinski definition) is 1. The number of anilines is 1. The number of halogens is 2. The first-order valence-corrected chi connectivity index (χ1v) is 5.01. The van der Waals surface area contributed by atoms with E-state index in [2.05, 4.69) is 5.32 Å². The quantitative estimate of drug-likeness (QED) is 0.530. The standard InChI is InChI=1S/C8H8FIN2O2/c1-2-11-7-3-5(9)6(10)4-8(7)12(13)14/h3-4,11H,2H2,1H3. The Labute approximate surface area is 93.8 Å². The van der Waals surface area contributed by atoms with Crippen LogP contribution in [-0.4, -0.2) is 11.5 Å². The van der Waals surface area contributed by atoms with Crippen molar-refractivity contribution in [2.45, 2.75) is 6.92 Å². The lowest BCUT2D eigenvalue weighted by molar-refractivity contribution is -0.384. The van der Waals surface area contributed by atoms with Gasteiger partial charge in [0.25, 0.3) is 5.69 Å². The van der Waals surface area contributed by atoms with E-state index in [1.54, 1.807) is 29.5 Å². The van der Waals surface area contributed by atoms with E-state index in [4.69, 9.17) is 0 Å². The smallest absolute Gasteiger partial charge is 0.293 e. The lowest BCUT2D eigenvalue weighted by atomic mass is 10.2. The molecule has 1 rings (SSSR count). The fourth-order valence-electron chi connectivity index (χ4n) is 1.02. The molecule has 0 fully saturated rings. The largest absolute Gasteiger partial charge is 0.380 e. The van der Waals surface area contributed by atoms with Gasteiger partial charge < -0.3 is 5.32 Å². The molecule has 1 aromatic carbocycles. The molecule has 76 valence electrons. The van der Waals surface area contributed by atoms with Gasteiger partial charge in [-0.3, -0.25) is 10.1 Å². The second kappa shape index (κ2) is 4.54. The summed E-state index contributed by atoms with van der Waals surface area (Å²) in [6, 6.07) is 2.36. The summed E-state index contributed by atoms with van der Waals surface area (Å²) in [6.45, 7) is 2.31. The fourth-order valence-corrected chi connectivity index (χ4v) is 1.47. The van der Waals surface area contributed by atoms with Gasteiger partial charge in [0, 0.05) is 18.7 Å². The Bertz CT molecular complexity index is 371. The number of rotatable bonds is 3. The molecule has 0 aliphatic rings. The van der Waals surface area contributed by atoms with Crippen molar-refractivity contribution in [3.8, 4) is 0 Å². The van der Waals surface area contributed by atoms with Crippen LogP contribution in [0.1, 0.15) is 6.92 Å². The van der Waals surface area contributed by atoms with Gasteiger partial charge in [-0.1, -0.05) is 0 Å². The molecule has 0 aliphatic carbocycles. The molecule has 0 atom stereocenters. The summed E-state index contributed by atoms with van der Waals surface area (Å²) in [5.74, 6) is -0.452. The van der Waals surface area contributed by atoms with Crippen LogP contribution in [0, 0.1) is 19.5 Å². The van der Waals surface area contributed by atoms with Crippen LogP contribution < -0.4 is 5.32 Å². The first-order valence-electron chi connectivity index (χ1n) is 3.93. The summed E-state index contributed by atoms with van der Waals surface area (Å²) in [6.07, 6.45) is 0. The van der Waals surface area contributed by atoms with Crippen molar-refractivity contribution in [1.82, 2.24) is 0 Å². The van der Waals surface area contributed by atoms with Crippen LogP contribution in [0.5, 0.6) is 0 Å². The van der Waals surface area contributed by atoms with Crippen molar-refractivity contribution in [3.63, 3.8) is 0 Å². The minimum Gasteiger partial charge on any atom is -0.380 e. The maximum absolute atomic E-state index is 13.1. The third-order valence-electron chi connectivity index (χ3n) is 1.60. The molecule has 0 heterocycles. The fraction of sp³-hybridized carbons (Fsp3) is 0.250. The number of hydrogen-bond acceptors (Lipinski definition) is 3. The molecule has 14 heavy (non-hydrogen) atoms. The zero-order valence-electron chi connectivity index (χ0n) is 7.38. The topological polar surface area (TPSA) is 55.2 Å². The number of benzene rings is 1. The van der Waals surface area contributed by atoms with Gasteiger partial charge in [0.15, 0.2) is 0 Å². The van der Waals surface area contributed by atoms with E-state index in [0.29, 0.717) is 6.54 Å². The number of nitro benzene ring substituents is 1. The zero-order valence-corrected chi connectivity index (χ0v) is 9.54. The highest BCUT2D eigenvalue weighted by Gasteiger charge is 2.16. The Balaban J connectivity index is 3.24. The normalized spacial score (nSPS) is 9.93. The molecule has 0 aliphatic heterocycles. The average Bonchev–Trinajstić information content (AvgIpc) is 2.11. The van der Waals surface area contributed by atoms with Crippen molar-refractivity contribution < 1.29 is 9.31 Å². The first-order chi connectivity index (χ1) is 6.56. The van der Waals surface area contributed by atoms with Crippen LogP contribution in [0.4, 0.5) is 15.8 Å². The molecule has 1 aromatic rings. The van der Waals surface area contributed by atoms with Crippen molar-refractivity contribution in [3.05, 3.63) is 31.6 Å². The summed E-state index contributed by atoms with van der Waals surface area (Å²) in [5, 5.41) is 13.3. The van der Waals surface area contributed by atoms with Crippen molar-refractivity contribution >= 4 is 34.0 Å². The SMILES string of the molecule is CCNc1cc(F)c(I)cc1[N+](=O)[O-]. The van der Waals surface area contributed by atoms with E-state index in [9.17, 15) is 14.5 Å². The van der Waals surface area contributed by atoms with E-state index in [-0.39, 0.29) is 14.9 Å². The molecule has 0 amide bonds. The Morgan fingerprint density at radius 2 is 2.29 bits per heavy atom. The second-order valence-corrected chi connectivity index (χ2v) is 3.73. The van der Waals surface area contributed by atoms with Crippen molar-refractivity contribution in [2.24, 2.45) is 0 Å². The molecule has 0 unspecified atom stereocenters. The molecular weight excluding hydrogens is 302 g/mol. The minimum atomic E-state index is -0.528. The highest BCUT2D eigenvalue weighted by Crippen LogP contribution is 2.28. The number of nitrogens with one attached hydrogen (secondary N) is 1. The Kier molecular flexibility index (Phi) is 3.62. The van der Waals surface area contributed by atoms with Crippen molar-refractivity contribution in [2.75, 3.05) is 11.9 Å². The molecule has 0 saturated carbocycles. The van der Waals surface area contributed by atoms with Crippen LogP contribution >= 0.6 is 22.6 Å². The highest BCUT2D eigenvalue weighted by molar-refractivity contribution is 14.1. The zero-order chi connectivity index (χ0) is 10.7. The van der Waals surface area contributed by atoms with Gasteiger partial charge in [0.1, 0.15) is 11.5 Å². The number of nitro groups is 1. The van der Waals surface area contributed by atoms with E-state index < -0.39 is 10.7 Å². The summed E-state index contributed by atoms with van der Waals surface area (Å²) >= 11 is 1.72. The van der Waals surface area contributed by atoms with Gasteiger partial charge >= 0.3 is 0 Å². The van der Waals surface area contributed by atoms with E-state index in [1.807, 2.05) is 0 Å². The maximum atomic E-state index is 13.1. The maximum Gasteiger partial charge on any atom is 0.293 e. The third kappa shape index (κ3) is 2.31. The van der Waals surface area contributed by atoms with Crippen LogP contribution in [0.2, 0.25) is 0 Å². The minimum absolute atomic E-state index is 0.0994. The van der Waals surface area contributed by atoms with Gasteiger partial charge in [0.2, 0.25) is 0 Å². The molecule has 6 heteroatoms. The van der Waals surface area contributed by atoms with Gasteiger partial charge in [-0.05, 0) is 29.5 Å². The molecule has 0 aromatic heterocycles. The lowest BCUT2D eigenvalue weighted by Gasteiger charge is -2.05. The van der Waals surface area contributed by atoms with Gasteiger partial charge in [0.05, 0.1) is 8.49 Å². The first kappa shape index (κ1) is 11.2. The van der Waals surface area contributed by atoms with Gasteiger partial charge in [-0.15, -0.1) is 0 Å².